The first-order valence-corrected chi connectivity index (χ1v) is 4.57. The molecule has 0 aromatic heterocycles. The molecule has 1 aromatic rings. The molecule has 0 saturated carbocycles. The summed E-state index contributed by atoms with van der Waals surface area (Å²) in [6, 6.07) is 10.2. The van der Waals surface area contributed by atoms with E-state index in [1.807, 2.05) is 32.0 Å². The molecule has 0 spiro atoms. The number of hydrogen-bond donors (Lipinski definition) is 0. The Morgan fingerprint density at radius 3 is 2.46 bits per heavy atom. The van der Waals surface area contributed by atoms with Gasteiger partial charge >= 0.3 is 0 Å². The average molecular weight is 178 g/mol. The van der Waals surface area contributed by atoms with Crippen molar-refractivity contribution in [1.29, 1.82) is 0 Å². The molecule has 70 valence electrons. The van der Waals surface area contributed by atoms with Gasteiger partial charge in [0.25, 0.3) is 0 Å². The van der Waals surface area contributed by atoms with Gasteiger partial charge in [-0.3, -0.25) is 0 Å². The van der Waals surface area contributed by atoms with Crippen LogP contribution in [-0.2, 0) is 9.78 Å². The lowest BCUT2D eigenvalue weighted by atomic mass is 9.97. The van der Waals surface area contributed by atoms with Crippen molar-refractivity contribution in [3.8, 4) is 0 Å². The maximum absolute atomic E-state index is 5.25. The Kier molecular flexibility index (Phi) is 2.10. The van der Waals surface area contributed by atoms with Crippen molar-refractivity contribution in [1.82, 2.24) is 0 Å². The molecule has 1 fully saturated rings. The van der Waals surface area contributed by atoms with Gasteiger partial charge in [-0.15, -0.1) is 0 Å². The van der Waals surface area contributed by atoms with Crippen LogP contribution in [0.15, 0.2) is 30.3 Å². The van der Waals surface area contributed by atoms with E-state index in [0.717, 1.165) is 6.42 Å². The van der Waals surface area contributed by atoms with E-state index >= 15 is 0 Å². The van der Waals surface area contributed by atoms with Crippen molar-refractivity contribution < 1.29 is 9.78 Å². The highest BCUT2D eigenvalue weighted by atomic mass is 17.2. The summed E-state index contributed by atoms with van der Waals surface area (Å²) >= 11 is 0. The van der Waals surface area contributed by atoms with Crippen LogP contribution in [0.3, 0.4) is 0 Å². The molecule has 2 rings (SSSR count). The minimum Gasteiger partial charge on any atom is -0.230 e. The Balaban J connectivity index is 2.13. The van der Waals surface area contributed by atoms with Crippen molar-refractivity contribution in [3.05, 3.63) is 35.9 Å². The third kappa shape index (κ3) is 1.90. The van der Waals surface area contributed by atoms with Crippen molar-refractivity contribution >= 4 is 0 Å². The molecule has 1 aliphatic rings. The Hall–Kier alpha value is -0.860. The highest BCUT2D eigenvalue weighted by Crippen LogP contribution is 2.36. The van der Waals surface area contributed by atoms with Crippen LogP contribution in [0.25, 0.3) is 0 Å². The largest absolute Gasteiger partial charge is 0.230 e. The molecule has 1 unspecified atom stereocenters. The van der Waals surface area contributed by atoms with E-state index in [2.05, 4.69) is 12.1 Å². The summed E-state index contributed by atoms with van der Waals surface area (Å²) in [4.78, 5) is 10.5. The lowest BCUT2D eigenvalue weighted by Gasteiger charge is -2.11. The molecule has 0 radical (unpaired) electrons. The van der Waals surface area contributed by atoms with Crippen molar-refractivity contribution in [3.63, 3.8) is 0 Å². The van der Waals surface area contributed by atoms with Crippen molar-refractivity contribution in [2.45, 2.75) is 32.0 Å². The van der Waals surface area contributed by atoms with E-state index in [0.29, 0.717) is 0 Å². The van der Waals surface area contributed by atoms with Crippen LogP contribution in [0.5, 0.6) is 0 Å². The Bertz CT molecular complexity index is 279. The van der Waals surface area contributed by atoms with Crippen molar-refractivity contribution in [2.75, 3.05) is 0 Å². The fraction of sp³-hybridized carbons (Fsp3) is 0.455. The molecule has 2 heteroatoms. The molecule has 1 aliphatic heterocycles. The van der Waals surface area contributed by atoms with E-state index in [1.54, 1.807) is 0 Å². The zero-order chi connectivity index (χ0) is 9.31. The molecular weight excluding hydrogens is 164 g/mol. The second kappa shape index (κ2) is 3.13. The van der Waals surface area contributed by atoms with Crippen LogP contribution in [0.1, 0.15) is 31.9 Å². The minimum absolute atomic E-state index is 0.0937. The second-order valence-electron chi connectivity index (χ2n) is 4.04. The molecule has 2 nitrogen and oxygen atoms in total. The third-order valence-corrected chi connectivity index (χ3v) is 2.24. The smallest absolute Gasteiger partial charge is 0.121 e. The molecule has 1 saturated heterocycles. The molecule has 0 bridgehead atoms. The van der Waals surface area contributed by atoms with Crippen LogP contribution < -0.4 is 0 Å². The van der Waals surface area contributed by atoms with E-state index in [4.69, 9.17) is 9.78 Å². The SMILES string of the molecule is CC1(C)CC(c2ccccc2)OO1. The number of rotatable bonds is 1. The second-order valence-corrected chi connectivity index (χ2v) is 4.04. The van der Waals surface area contributed by atoms with Gasteiger partial charge in [-0.1, -0.05) is 30.3 Å². The Morgan fingerprint density at radius 2 is 1.92 bits per heavy atom. The molecule has 0 N–H and O–H groups in total. The van der Waals surface area contributed by atoms with Crippen LogP contribution in [-0.4, -0.2) is 5.60 Å². The zero-order valence-electron chi connectivity index (χ0n) is 7.99. The molecule has 0 amide bonds. The molecule has 13 heavy (non-hydrogen) atoms. The first-order valence-electron chi connectivity index (χ1n) is 4.57. The van der Waals surface area contributed by atoms with Gasteiger partial charge < -0.3 is 0 Å². The van der Waals surface area contributed by atoms with Gasteiger partial charge in [0.15, 0.2) is 0 Å². The summed E-state index contributed by atoms with van der Waals surface area (Å²) in [6.07, 6.45) is 1.01. The van der Waals surface area contributed by atoms with E-state index in [9.17, 15) is 0 Å². The minimum atomic E-state index is -0.152. The van der Waals surface area contributed by atoms with Crippen LogP contribution in [0, 0.1) is 0 Å². The quantitative estimate of drug-likeness (QED) is 0.615. The van der Waals surface area contributed by atoms with Gasteiger partial charge in [0.1, 0.15) is 11.7 Å². The summed E-state index contributed by atoms with van der Waals surface area (Å²) in [7, 11) is 0. The topological polar surface area (TPSA) is 18.5 Å². The first-order chi connectivity index (χ1) is 6.17. The summed E-state index contributed by atoms with van der Waals surface area (Å²) in [5.41, 5.74) is 1.04. The molecule has 1 heterocycles. The van der Waals surface area contributed by atoms with Gasteiger partial charge in [-0.25, -0.2) is 9.78 Å². The van der Waals surface area contributed by atoms with Gasteiger partial charge in [0, 0.05) is 6.42 Å². The van der Waals surface area contributed by atoms with E-state index in [1.165, 1.54) is 5.56 Å². The standard InChI is InChI=1S/C11H14O2/c1-11(2)8-10(12-13-11)9-6-4-3-5-7-9/h3-7,10H,8H2,1-2H3. The monoisotopic (exact) mass is 178 g/mol. The average Bonchev–Trinajstić information content (AvgIpc) is 2.48. The third-order valence-electron chi connectivity index (χ3n) is 2.24. The van der Waals surface area contributed by atoms with Crippen LogP contribution in [0.4, 0.5) is 0 Å². The molecule has 1 aromatic carbocycles. The summed E-state index contributed by atoms with van der Waals surface area (Å²) in [5.74, 6) is 0. The molecule has 0 aliphatic carbocycles. The Morgan fingerprint density at radius 1 is 1.23 bits per heavy atom. The Labute approximate surface area is 78.4 Å². The van der Waals surface area contributed by atoms with Crippen LogP contribution >= 0.6 is 0 Å². The maximum Gasteiger partial charge on any atom is 0.121 e. The normalized spacial score (nSPS) is 26.2. The van der Waals surface area contributed by atoms with E-state index in [-0.39, 0.29) is 11.7 Å². The lowest BCUT2D eigenvalue weighted by Crippen LogP contribution is -2.16. The van der Waals surface area contributed by atoms with Gasteiger partial charge in [-0.2, -0.15) is 0 Å². The predicted molar refractivity (Wildman–Crippen MR) is 50.0 cm³/mol. The van der Waals surface area contributed by atoms with Gasteiger partial charge in [0.05, 0.1) is 0 Å². The van der Waals surface area contributed by atoms with Gasteiger partial charge in [0.2, 0.25) is 0 Å². The zero-order valence-corrected chi connectivity index (χ0v) is 7.99. The summed E-state index contributed by atoms with van der Waals surface area (Å²) in [6.45, 7) is 4.08. The van der Waals surface area contributed by atoms with E-state index < -0.39 is 0 Å². The van der Waals surface area contributed by atoms with Gasteiger partial charge in [-0.05, 0) is 19.4 Å². The maximum atomic E-state index is 5.25. The lowest BCUT2D eigenvalue weighted by molar-refractivity contribution is -0.320. The van der Waals surface area contributed by atoms with Crippen LogP contribution in [0.2, 0.25) is 0 Å². The molecule has 1 atom stereocenters. The summed E-state index contributed by atoms with van der Waals surface area (Å²) in [5, 5.41) is 0. The summed E-state index contributed by atoms with van der Waals surface area (Å²) < 4.78 is 0. The highest BCUT2D eigenvalue weighted by Gasteiger charge is 2.34. The number of hydrogen-bond acceptors (Lipinski definition) is 2. The first kappa shape index (κ1) is 8.73. The predicted octanol–water partition coefficient (Wildman–Crippen LogP) is 2.86. The fourth-order valence-electron chi connectivity index (χ4n) is 1.54. The fourth-order valence-corrected chi connectivity index (χ4v) is 1.54. The highest BCUT2D eigenvalue weighted by molar-refractivity contribution is 5.18. The molecular formula is C11H14O2. The number of benzene rings is 1. The van der Waals surface area contributed by atoms with Crippen molar-refractivity contribution in [2.24, 2.45) is 0 Å².